The summed E-state index contributed by atoms with van der Waals surface area (Å²) in [6.07, 6.45) is 1.99. The number of aliphatic hydroxyl groups excluding tert-OH is 1. The second kappa shape index (κ2) is 8.44. The highest BCUT2D eigenvalue weighted by Crippen LogP contribution is 2.30. The molecule has 2 aliphatic rings. The van der Waals surface area contributed by atoms with Crippen LogP contribution in [0.5, 0.6) is 0 Å². The van der Waals surface area contributed by atoms with E-state index < -0.39 is 18.0 Å². The quantitative estimate of drug-likeness (QED) is 0.610. The van der Waals surface area contributed by atoms with Gasteiger partial charge in [0.1, 0.15) is 11.9 Å². The fourth-order valence-corrected chi connectivity index (χ4v) is 3.48. The molecule has 0 spiro atoms. The maximum atomic E-state index is 14.7. The van der Waals surface area contributed by atoms with Crippen LogP contribution < -0.4 is 9.80 Å². The van der Waals surface area contributed by atoms with Crippen LogP contribution >= 0.6 is 12.2 Å². The summed E-state index contributed by atoms with van der Waals surface area (Å²) in [5.74, 6) is -0.407. The molecular formula is C19H21FN4O3S. The Morgan fingerprint density at radius 3 is 2.82 bits per heavy atom. The average molecular weight is 404 g/mol. The number of likely N-dealkylation sites (N-methyl/N-ethyl adjacent to an activating group) is 1. The number of carbonyl (C=O) groups is 1. The smallest absolute Gasteiger partial charge is 0.414 e. The van der Waals surface area contributed by atoms with E-state index >= 15 is 0 Å². The Morgan fingerprint density at radius 2 is 2.21 bits per heavy atom. The summed E-state index contributed by atoms with van der Waals surface area (Å²) >= 11 is 4.67. The summed E-state index contributed by atoms with van der Waals surface area (Å²) in [5.41, 5.74) is 1.98. The number of nitriles is 1. The van der Waals surface area contributed by atoms with E-state index in [1.54, 1.807) is 25.3 Å². The van der Waals surface area contributed by atoms with Gasteiger partial charge < -0.3 is 19.6 Å². The zero-order chi connectivity index (χ0) is 20.3. The highest BCUT2D eigenvalue weighted by Gasteiger charge is 2.34. The molecule has 2 saturated heterocycles. The van der Waals surface area contributed by atoms with Crippen molar-refractivity contribution < 1.29 is 19.0 Å². The van der Waals surface area contributed by atoms with E-state index in [2.05, 4.69) is 12.2 Å². The number of aliphatic hydroxyl groups is 1. The first kappa shape index (κ1) is 19.9. The number of carbonyl (C=O) groups excluding carboxylic acids is 1. The first-order chi connectivity index (χ1) is 13.4. The van der Waals surface area contributed by atoms with E-state index in [4.69, 9.17) is 10.00 Å². The Kier molecular flexibility index (Phi) is 5.99. The van der Waals surface area contributed by atoms with Crippen molar-refractivity contribution in [1.82, 2.24) is 4.90 Å². The predicted octanol–water partition coefficient (Wildman–Crippen LogP) is 2.98. The molecule has 2 heterocycles. The molecule has 0 aliphatic carbocycles. The van der Waals surface area contributed by atoms with Crippen molar-refractivity contribution in [2.24, 2.45) is 0 Å². The van der Waals surface area contributed by atoms with E-state index in [0.29, 0.717) is 24.5 Å². The van der Waals surface area contributed by atoms with E-state index in [9.17, 15) is 14.3 Å². The van der Waals surface area contributed by atoms with Crippen molar-refractivity contribution in [3.05, 3.63) is 35.7 Å². The molecule has 2 fully saturated rings. The maximum Gasteiger partial charge on any atom is 0.414 e. The van der Waals surface area contributed by atoms with Crippen LogP contribution in [0, 0.1) is 17.1 Å². The average Bonchev–Trinajstić information content (AvgIpc) is 3.03. The number of halogens is 1. The number of cyclic esters (lactones) is 1. The minimum atomic E-state index is -0.557. The minimum absolute atomic E-state index is 0.247. The number of hydrogen-bond donors (Lipinski definition) is 1. The van der Waals surface area contributed by atoms with Crippen molar-refractivity contribution in [3.63, 3.8) is 0 Å². The van der Waals surface area contributed by atoms with Crippen LogP contribution in [0.4, 0.5) is 20.6 Å². The van der Waals surface area contributed by atoms with Crippen molar-refractivity contribution in [2.75, 3.05) is 43.0 Å². The second-order valence-electron chi connectivity index (χ2n) is 6.83. The van der Waals surface area contributed by atoms with Gasteiger partial charge in [-0.15, -0.1) is 0 Å². The number of amides is 1. The molecule has 1 aromatic rings. The highest BCUT2D eigenvalue weighted by molar-refractivity contribution is 7.79. The topological polar surface area (TPSA) is 80.0 Å². The molecule has 1 atom stereocenters. The number of rotatable bonds is 4. The van der Waals surface area contributed by atoms with Gasteiger partial charge >= 0.3 is 6.09 Å². The lowest BCUT2D eigenvalue weighted by atomic mass is 10.0. The third-order valence-corrected chi connectivity index (χ3v) is 5.25. The van der Waals surface area contributed by atoms with Gasteiger partial charge in [0.2, 0.25) is 0 Å². The van der Waals surface area contributed by atoms with Gasteiger partial charge in [0.25, 0.3) is 5.17 Å². The molecule has 3 rings (SSSR count). The Labute approximate surface area is 168 Å². The summed E-state index contributed by atoms with van der Waals surface area (Å²) in [7, 11) is 1.60. The number of anilines is 2. The van der Waals surface area contributed by atoms with Gasteiger partial charge in [0, 0.05) is 26.2 Å². The van der Waals surface area contributed by atoms with Gasteiger partial charge in [0.05, 0.1) is 30.5 Å². The van der Waals surface area contributed by atoms with E-state index in [-0.39, 0.29) is 18.3 Å². The zero-order valence-corrected chi connectivity index (χ0v) is 16.3. The van der Waals surface area contributed by atoms with Crippen LogP contribution in [-0.4, -0.2) is 60.6 Å². The molecule has 1 amide bonds. The molecule has 1 aromatic carbocycles. The highest BCUT2D eigenvalue weighted by atomic mass is 32.1. The summed E-state index contributed by atoms with van der Waals surface area (Å²) in [4.78, 5) is 16.9. The number of piperidine rings is 1. The second-order valence-corrected chi connectivity index (χ2v) is 7.20. The fraction of sp³-hybridized carbons (Fsp3) is 0.421. The Hall–Kier alpha value is -2.86. The molecular weight excluding hydrogens is 383 g/mol. The van der Waals surface area contributed by atoms with Gasteiger partial charge in [-0.25, -0.2) is 9.18 Å². The van der Waals surface area contributed by atoms with Gasteiger partial charge in [-0.3, -0.25) is 4.90 Å². The molecule has 7 nitrogen and oxygen atoms in total. The number of benzene rings is 1. The fourth-order valence-electron chi connectivity index (χ4n) is 3.40. The van der Waals surface area contributed by atoms with E-state index in [1.807, 2.05) is 11.0 Å². The van der Waals surface area contributed by atoms with Gasteiger partial charge in [-0.2, -0.15) is 5.26 Å². The van der Waals surface area contributed by atoms with Crippen molar-refractivity contribution in [3.8, 4) is 6.07 Å². The summed E-state index contributed by atoms with van der Waals surface area (Å²) in [6, 6.07) is 6.74. The van der Waals surface area contributed by atoms with Gasteiger partial charge in [0.15, 0.2) is 0 Å². The summed E-state index contributed by atoms with van der Waals surface area (Å²) in [5, 5.41) is 17.7. The number of nitrogens with zero attached hydrogens (tertiary/aromatic N) is 4. The van der Waals surface area contributed by atoms with Crippen LogP contribution in [0.25, 0.3) is 0 Å². The Morgan fingerprint density at radius 1 is 1.50 bits per heavy atom. The van der Waals surface area contributed by atoms with Crippen LogP contribution in [0.3, 0.4) is 0 Å². The molecule has 0 aromatic heterocycles. The minimum Gasteiger partial charge on any atom is -0.487 e. The third-order valence-electron chi connectivity index (χ3n) is 4.94. The van der Waals surface area contributed by atoms with Gasteiger partial charge in [-0.1, -0.05) is 5.57 Å². The molecule has 1 unspecified atom stereocenters. The molecule has 148 valence electrons. The standard InChI is InChI=1S/C19H21FN4O3S/c1-22(19(26)28)11-15-12-24(18(25)27-15)14-2-3-17(16(20)10-14)23-8-5-13(4-7-21)6-9-23/h2-4,10,15H,5-6,8-9,11-12H2,1H3,(H,26,28). The molecule has 0 saturated carbocycles. The monoisotopic (exact) mass is 404 g/mol. The third kappa shape index (κ3) is 4.34. The van der Waals surface area contributed by atoms with Crippen LogP contribution in [0.1, 0.15) is 12.8 Å². The van der Waals surface area contributed by atoms with Gasteiger partial charge in [-0.05, 0) is 43.3 Å². The van der Waals surface area contributed by atoms with E-state index in [1.165, 1.54) is 15.9 Å². The lowest BCUT2D eigenvalue weighted by Gasteiger charge is -2.30. The normalized spacial score (nSPS) is 19.2. The molecule has 1 N–H and O–H groups in total. The van der Waals surface area contributed by atoms with Crippen molar-refractivity contribution in [1.29, 1.82) is 5.26 Å². The Balaban J connectivity index is 1.67. The van der Waals surface area contributed by atoms with Crippen molar-refractivity contribution >= 4 is 34.9 Å². The van der Waals surface area contributed by atoms with E-state index in [0.717, 1.165) is 18.4 Å². The van der Waals surface area contributed by atoms with Crippen molar-refractivity contribution in [2.45, 2.75) is 18.9 Å². The number of thiocarbonyl (C=S) groups is 1. The maximum absolute atomic E-state index is 14.7. The number of allylic oxidation sites excluding steroid dienone is 1. The Bertz CT molecular complexity index is 844. The number of ether oxygens (including phenoxy) is 1. The SMILES string of the molecule is CN(CC1CN(c2ccc(N3CCC(=CC#N)CC3)c(F)c2)C(=O)O1)C(O)=S. The molecule has 0 radical (unpaired) electrons. The predicted molar refractivity (Wildman–Crippen MR) is 107 cm³/mol. The molecule has 2 aliphatic heterocycles. The lowest BCUT2D eigenvalue weighted by molar-refractivity contribution is 0.127. The number of hydrogen-bond acceptors (Lipinski definition) is 5. The van der Waals surface area contributed by atoms with Crippen LogP contribution in [0.2, 0.25) is 0 Å². The van der Waals surface area contributed by atoms with Crippen LogP contribution in [0.15, 0.2) is 29.8 Å². The zero-order valence-electron chi connectivity index (χ0n) is 15.5. The first-order valence-corrected chi connectivity index (χ1v) is 9.34. The summed E-state index contributed by atoms with van der Waals surface area (Å²) < 4.78 is 20.0. The summed E-state index contributed by atoms with van der Waals surface area (Å²) in [6.45, 7) is 1.79. The largest absolute Gasteiger partial charge is 0.487 e. The molecule has 28 heavy (non-hydrogen) atoms. The first-order valence-electron chi connectivity index (χ1n) is 8.93. The molecule has 9 heteroatoms. The molecule has 0 bridgehead atoms. The lowest BCUT2D eigenvalue weighted by Crippen LogP contribution is -2.35. The van der Waals surface area contributed by atoms with Crippen LogP contribution in [-0.2, 0) is 4.74 Å².